The number of aromatic nitrogens is 2. The number of hydrogen-bond donors (Lipinski definition) is 2. The number of nitrogens with zero attached hydrogens (tertiary/aromatic N) is 2. The second-order valence-corrected chi connectivity index (χ2v) is 7.47. The van der Waals surface area contributed by atoms with Gasteiger partial charge in [-0.15, -0.1) is 0 Å². The molecule has 6 heteroatoms. The minimum absolute atomic E-state index is 0.0101. The Labute approximate surface area is 183 Å². The minimum Gasteiger partial charge on any atom is -0.494 e. The lowest BCUT2D eigenvalue weighted by atomic mass is 9.96. The molecule has 156 valence electrons. The maximum Gasteiger partial charge on any atom is 0.331 e. The zero-order chi connectivity index (χ0) is 22.1. The van der Waals surface area contributed by atoms with E-state index >= 15 is 0 Å². The predicted octanol–water partition coefficient (Wildman–Crippen LogP) is 3.97. The summed E-state index contributed by atoms with van der Waals surface area (Å²) in [4.78, 5) is 32.2. The fourth-order valence-electron chi connectivity index (χ4n) is 3.83. The number of nitrogens with one attached hydrogen (secondary N) is 1. The minimum atomic E-state index is -0.665. The molecule has 5 rings (SSSR count). The van der Waals surface area contributed by atoms with E-state index in [4.69, 9.17) is 4.99 Å². The highest BCUT2D eigenvalue weighted by Crippen LogP contribution is 2.38. The third-order valence-corrected chi connectivity index (χ3v) is 5.41. The smallest absolute Gasteiger partial charge is 0.331 e. The topological polar surface area (TPSA) is 87.5 Å². The molecule has 4 aromatic rings. The van der Waals surface area contributed by atoms with Crippen LogP contribution in [0.2, 0.25) is 0 Å². The van der Waals surface area contributed by atoms with E-state index in [0.29, 0.717) is 11.3 Å². The molecule has 32 heavy (non-hydrogen) atoms. The number of aromatic amines is 1. The maximum atomic E-state index is 12.7. The molecule has 1 aliphatic rings. The second-order valence-electron chi connectivity index (χ2n) is 7.47. The largest absolute Gasteiger partial charge is 0.494 e. The number of allylic oxidation sites excluding steroid dienone is 1. The Morgan fingerprint density at radius 3 is 2.28 bits per heavy atom. The molecule has 0 spiro atoms. The molecule has 3 aromatic carbocycles. The van der Waals surface area contributed by atoms with E-state index in [2.05, 4.69) is 4.98 Å². The number of fused-ring (bicyclic) bond motifs is 1. The zero-order valence-electron chi connectivity index (χ0n) is 17.0. The summed E-state index contributed by atoms with van der Waals surface area (Å²) in [5, 5.41) is 10.9. The molecule has 0 unspecified atom stereocenters. The van der Waals surface area contributed by atoms with Crippen LogP contribution in [0.4, 0.5) is 5.69 Å². The van der Waals surface area contributed by atoms with Crippen LogP contribution < -0.4 is 11.2 Å². The Hall–Kier alpha value is -4.45. The van der Waals surface area contributed by atoms with E-state index in [1.807, 2.05) is 84.9 Å². The molecule has 0 atom stereocenters. The summed E-state index contributed by atoms with van der Waals surface area (Å²) in [5.41, 5.74) is 3.46. The highest BCUT2D eigenvalue weighted by Gasteiger charge is 2.23. The lowest BCUT2D eigenvalue weighted by Crippen LogP contribution is -2.31. The van der Waals surface area contributed by atoms with Crippen LogP contribution in [0.15, 0.2) is 99.5 Å². The highest BCUT2D eigenvalue weighted by atomic mass is 16.3. The molecule has 6 nitrogen and oxygen atoms in total. The summed E-state index contributed by atoms with van der Waals surface area (Å²) in [7, 11) is 0. The van der Waals surface area contributed by atoms with E-state index in [0.717, 1.165) is 26.9 Å². The molecule has 0 aliphatic carbocycles. The Bertz CT molecular complexity index is 1480. The Balaban J connectivity index is 1.68. The first-order valence-electron chi connectivity index (χ1n) is 10.2. The van der Waals surface area contributed by atoms with Gasteiger partial charge in [0, 0.05) is 16.7 Å². The lowest BCUT2D eigenvalue weighted by molar-refractivity contribution is 0.408. The number of rotatable bonds is 4. The van der Waals surface area contributed by atoms with Crippen LogP contribution in [0.25, 0.3) is 11.6 Å². The molecule has 0 amide bonds. The van der Waals surface area contributed by atoms with Gasteiger partial charge in [-0.1, -0.05) is 78.9 Å². The molecule has 2 heterocycles. The number of para-hydroxylation sites is 1. The summed E-state index contributed by atoms with van der Waals surface area (Å²) < 4.78 is 1.16. The standard InChI is InChI=1S/C26H19N3O3/c30-24-21(25(31)29(26(32)28-24)16-17-9-3-1-4-10-17)15-20-19-13-7-8-14-22(19)27-23(20)18-11-5-2-6-12-18/h1-15,31H,16H2,(H,28,30,32)/b20-15-. The number of H-pyrrole nitrogens is 1. The van der Waals surface area contributed by atoms with Gasteiger partial charge in [-0.25, -0.2) is 9.79 Å². The van der Waals surface area contributed by atoms with Crippen molar-refractivity contribution in [3.05, 3.63) is 128 Å². The van der Waals surface area contributed by atoms with Gasteiger partial charge in [0.1, 0.15) is 5.56 Å². The van der Waals surface area contributed by atoms with Crippen LogP contribution in [-0.4, -0.2) is 20.4 Å². The van der Waals surface area contributed by atoms with Crippen molar-refractivity contribution in [1.82, 2.24) is 9.55 Å². The zero-order valence-corrected chi connectivity index (χ0v) is 17.0. The van der Waals surface area contributed by atoms with E-state index in [-0.39, 0.29) is 18.0 Å². The van der Waals surface area contributed by atoms with Crippen molar-refractivity contribution in [2.45, 2.75) is 6.54 Å². The number of aliphatic imine (C=N–C) groups is 1. The lowest BCUT2D eigenvalue weighted by Gasteiger charge is -2.11. The van der Waals surface area contributed by atoms with Gasteiger partial charge in [0.15, 0.2) is 0 Å². The number of aromatic hydroxyl groups is 1. The Morgan fingerprint density at radius 1 is 0.875 bits per heavy atom. The number of hydrogen-bond acceptors (Lipinski definition) is 4. The van der Waals surface area contributed by atoms with Gasteiger partial charge in [-0.05, 0) is 17.7 Å². The van der Waals surface area contributed by atoms with Crippen molar-refractivity contribution in [2.75, 3.05) is 0 Å². The van der Waals surface area contributed by atoms with Gasteiger partial charge in [-0.3, -0.25) is 14.3 Å². The van der Waals surface area contributed by atoms with Gasteiger partial charge in [0.25, 0.3) is 5.56 Å². The SMILES string of the molecule is O=c1[nH]c(=O)n(Cc2ccccc2)c(O)c1/C=C1\C(c2ccccc2)=Nc2ccccc21. The molecular weight excluding hydrogens is 402 g/mol. The summed E-state index contributed by atoms with van der Waals surface area (Å²) in [6.45, 7) is 0.134. The van der Waals surface area contributed by atoms with Crippen LogP contribution in [-0.2, 0) is 6.54 Å². The average Bonchev–Trinajstić information content (AvgIpc) is 3.19. The van der Waals surface area contributed by atoms with Crippen molar-refractivity contribution in [3.63, 3.8) is 0 Å². The summed E-state index contributed by atoms with van der Waals surface area (Å²) in [5.74, 6) is -0.383. The molecule has 1 aliphatic heterocycles. The fraction of sp³-hybridized carbons (Fsp3) is 0.0385. The molecule has 2 N–H and O–H groups in total. The van der Waals surface area contributed by atoms with Crippen LogP contribution >= 0.6 is 0 Å². The second kappa shape index (κ2) is 8.00. The van der Waals surface area contributed by atoms with Crippen molar-refractivity contribution >= 4 is 23.0 Å². The molecular formula is C26H19N3O3. The van der Waals surface area contributed by atoms with Crippen LogP contribution in [0.1, 0.15) is 22.3 Å². The van der Waals surface area contributed by atoms with Gasteiger partial charge < -0.3 is 5.11 Å². The fourth-order valence-corrected chi connectivity index (χ4v) is 3.83. The quantitative estimate of drug-likeness (QED) is 0.523. The molecule has 0 bridgehead atoms. The maximum absolute atomic E-state index is 12.7. The van der Waals surface area contributed by atoms with Crippen LogP contribution in [0, 0.1) is 0 Å². The van der Waals surface area contributed by atoms with Gasteiger partial charge in [0.05, 0.1) is 17.9 Å². The first-order chi connectivity index (χ1) is 15.6. The Kier molecular flexibility index (Phi) is 4.88. The first-order valence-corrected chi connectivity index (χ1v) is 10.2. The van der Waals surface area contributed by atoms with Gasteiger partial charge >= 0.3 is 5.69 Å². The van der Waals surface area contributed by atoms with Crippen molar-refractivity contribution < 1.29 is 5.11 Å². The molecule has 0 saturated carbocycles. The van der Waals surface area contributed by atoms with Crippen LogP contribution in [0.3, 0.4) is 0 Å². The number of benzene rings is 3. The first kappa shape index (κ1) is 19.5. The third kappa shape index (κ3) is 3.48. The molecule has 0 saturated heterocycles. The summed E-state index contributed by atoms with van der Waals surface area (Å²) in [6.07, 6.45) is 1.60. The summed E-state index contributed by atoms with van der Waals surface area (Å²) >= 11 is 0. The third-order valence-electron chi connectivity index (χ3n) is 5.41. The van der Waals surface area contributed by atoms with E-state index in [1.54, 1.807) is 6.08 Å². The normalized spacial score (nSPS) is 13.8. The van der Waals surface area contributed by atoms with E-state index < -0.39 is 11.2 Å². The Morgan fingerprint density at radius 2 is 1.53 bits per heavy atom. The van der Waals surface area contributed by atoms with Crippen molar-refractivity contribution in [1.29, 1.82) is 0 Å². The van der Waals surface area contributed by atoms with Crippen LogP contribution in [0.5, 0.6) is 5.88 Å². The predicted molar refractivity (Wildman–Crippen MR) is 125 cm³/mol. The average molecular weight is 421 g/mol. The summed E-state index contributed by atoms with van der Waals surface area (Å²) in [6, 6.07) is 26.5. The van der Waals surface area contributed by atoms with Gasteiger partial charge in [0.2, 0.25) is 5.88 Å². The monoisotopic (exact) mass is 421 g/mol. The molecule has 1 aromatic heterocycles. The van der Waals surface area contributed by atoms with Crippen molar-refractivity contribution in [3.8, 4) is 5.88 Å². The van der Waals surface area contributed by atoms with Gasteiger partial charge in [-0.2, -0.15) is 0 Å². The van der Waals surface area contributed by atoms with E-state index in [9.17, 15) is 14.7 Å². The molecule has 0 radical (unpaired) electrons. The highest BCUT2D eigenvalue weighted by molar-refractivity contribution is 6.39. The molecule has 0 fully saturated rings. The van der Waals surface area contributed by atoms with Crippen molar-refractivity contribution in [2.24, 2.45) is 4.99 Å². The van der Waals surface area contributed by atoms with E-state index in [1.165, 1.54) is 0 Å².